The van der Waals surface area contributed by atoms with Crippen molar-refractivity contribution in [3.63, 3.8) is 0 Å². The Morgan fingerprint density at radius 2 is 1.75 bits per heavy atom. The normalized spacial score (nSPS) is 10.8. The van der Waals surface area contributed by atoms with Gasteiger partial charge in [-0.05, 0) is 30.7 Å². The van der Waals surface area contributed by atoms with Gasteiger partial charge in [0.1, 0.15) is 0 Å². The molecule has 1 amide bonds. The van der Waals surface area contributed by atoms with Gasteiger partial charge in [-0.25, -0.2) is 4.79 Å². The maximum absolute atomic E-state index is 12.0. The number of hydrogen-bond donors (Lipinski definition) is 5. The molecule has 0 aliphatic rings. The zero-order valence-electron chi connectivity index (χ0n) is 12.1. The van der Waals surface area contributed by atoms with E-state index in [0.717, 1.165) is 10.2 Å². The van der Waals surface area contributed by atoms with E-state index >= 15 is 0 Å². The number of benzene rings is 1. The molecule has 0 spiro atoms. The molecule has 1 aromatic heterocycles. The predicted molar refractivity (Wildman–Crippen MR) is 87.4 cm³/mol. The van der Waals surface area contributed by atoms with E-state index < -0.39 is 22.0 Å². The Hall–Kier alpha value is -2.18. The first-order chi connectivity index (χ1) is 11.0. The standard InChI is InChI=1S/C12H13ClN4O2.H2O4S/c13-8-3-1-7(2-4-8)10-9(5-6-14)11(18)17(16-10)12(15)19;1-5(2,3)4/h1-4,16H,5-6,14H2,(H2,15,19);(H2,1,2,3,4). The quantitative estimate of drug-likeness (QED) is 0.475. The fourth-order valence-electron chi connectivity index (χ4n) is 1.86. The number of nitrogens with zero attached hydrogens (tertiary/aromatic N) is 1. The second kappa shape index (κ2) is 8.08. The number of carbonyl (C=O) groups is 1. The first kappa shape index (κ1) is 19.9. The maximum Gasteiger partial charge on any atom is 0.394 e. The van der Waals surface area contributed by atoms with Crippen LogP contribution in [0.2, 0.25) is 5.02 Å². The summed E-state index contributed by atoms with van der Waals surface area (Å²) < 4.78 is 32.4. The Morgan fingerprint density at radius 3 is 2.17 bits per heavy atom. The van der Waals surface area contributed by atoms with Gasteiger partial charge in [0.2, 0.25) is 0 Å². The zero-order chi connectivity index (χ0) is 18.5. The van der Waals surface area contributed by atoms with E-state index in [-0.39, 0.29) is 0 Å². The molecule has 0 aliphatic carbocycles. The van der Waals surface area contributed by atoms with Crippen molar-refractivity contribution in [2.24, 2.45) is 11.5 Å². The van der Waals surface area contributed by atoms with E-state index in [9.17, 15) is 9.59 Å². The summed E-state index contributed by atoms with van der Waals surface area (Å²) >= 11 is 5.82. The number of nitrogens with two attached hydrogens (primary N) is 2. The van der Waals surface area contributed by atoms with Crippen molar-refractivity contribution in [1.29, 1.82) is 0 Å². The number of aromatic amines is 1. The van der Waals surface area contributed by atoms with Crippen LogP contribution in [0.15, 0.2) is 29.1 Å². The highest BCUT2D eigenvalue weighted by Crippen LogP contribution is 2.21. The molecule has 0 aliphatic heterocycles. The van der Waals surface area contributed by atoms with Gasteiger partial charge in [0.15, 0.2) is 0 Å². The number of amides is 1. The molecule has 0 radical (unpaired) electrons. The molecule has 132 valence electrons. The van der Waals surface area contributed by atoms with Gasteiger partial charge in [0.05, 0.1) is 5.69 Å². The summed E-state index contributed by atoms with van der Waals surface area (Å²) in [6, 6.07) is 6.03. The van der Waals surface area contributed by atoms with Crippen LogP contribution in [-0.4, -0.2) is 39.9 Å². The van der Waals surface area contributed by atoms with Crippen molar-refractivity contribution >= 4 is 28.0 Å². The lowest BCUT2D eigenvalue weighted by molar-refractivity contribution is 0.247. The summed E-state index contributed by atoms with van der Waals surface area (Å²) in [4.78, 5) is 23.2. The van der Waals surface area contributed by atoms with Gasteiger partial charge in [0, 0.05) is 10.6 Å². The number of carbonyl (C=O) groups excluding carboxylic acids is 1. The minimum Gasteiger partial charge on any atom is -0.350 e. The number of aromatic nitrogens is 2. The Labute approximate surface area is 141 Å². The monoisotopic (exact) mass is 378 g/mol. The number of primary amides is 1. The molecule has 0 saturated heterocycles. The van der Waals surface area contributed by atoms with E-state index in [1.54, 1.807) is 24.3 Å². The molecule has 0 fully saturated rings. The van der Waals surface area contributed by atoms with E-state index in [1.807, 2.05) is 0 Å². The van der Waals surface area contributed by atoms with E-state index in [1.165, 1.54) is 0 Å². The summed E-state index contributed by atoms with van der Waals surface area (Å²) in [7, 11) is -4.67. The van der Waals surface area contributed by atoms with E-state index in [4.69, 9.17) is 40.6 Å². The zero-order valence-corrected chi connectivity index (χ0v) is 13.7. The van der Waals surface area contributed by atoms with Crippen molar-refractivity contribution < 1.29 is 22.3 Å². The highest BCUT2D eigenvalue weighted by molar-refractivity contribution is 7.79. The van der Waals surface area contributed by atoms with Gasteiger partial charge in [-0.15, -0.1) is 0 Å². The summed E-state index contributed by atoms with van der Waals surface area (Å²) in [5, 5.41) is 3.29. The van der Waals surface area contributed by atoms with Crippen LogP contribution in [0.5, 0.6) is 0 Å². The SMILES string of the molecule is NCCc1c(-c2ccc(Cl)cc2)[nH]n(C(N)=O)c1=O.O=S(=O)(O)O. The summed E-state index contributed by atoms with van der Waals surface area (Å²) in [6.07, 6.45) is 0.355. The largest absolute Gasteiger partial charge is 0.394 e. The van der Waals surface area contributed by atoms with E-state index in [0.29, 0.717) is 29.2 Å². The van der Waals surface area contributed by atoms with Gasteiger partial charge in [-0.1, -0.05) is 23.7 Å². The molecule has 0 bridgehead atoms. The number of H-pyrrole nitrogens is 1. The predicted octanol–water partition coefficient (Wildman–Crippen LogP) is 0.272. The summed E-state index contributed by atoms with van der Waals surface area (Å²) in [5.41, 5.74) is 11.9. The van der Waals surface area contributed by atoms with Gasteiger partial charge in [0.25, 0.3) is 5.56 Å². The average Bonchev–Trinajstić information content (AvgIpc) is 2.76. The van der Waals surface area contributed by atoms with Crippen LogP contribution in [0.1, 0.15) is 5.56 Å². The van der Waals surface area contributed by atoms with Crippen LogP contribution < -0.4 is 17.0 Å². The second-order valence-electron chi connectivity index (χ2n) is 4.44. The molecule has 2 aromatic rings. The number of hydrogen-bond acceptors (Lipinski definition) is 5. The highest BCUT2D eigenvalue weighted by atomic mass is 35.5. The molecule has 0 unspecified atom stereocenters. The minimum absolute atomic E-state index is 0.298. The van der Waals surface area contributed by atoms with Gasteiger partial charge in [-0.2, -0.15) is 13.1 Å². The van der Waals surface area contributed by atoms with Gasteiger partial charge in [-0.3, -0.25) is 19.0 Å². The van der Waals surface area contributed by atoms with Crippen LogP contribution in [0.3, 0.4) is 0 Å². The molecular weight excluding hydrogens is 364 g/mol. The fraction of sp³-hybridized carbons (Fsp3) is 0.167. The third kappa shape index (κ3) is 5.79. The van der Waals surface area contributed by atoms with Crippen molar-refractivity contribution in [3.05, 3.63) is 45.2 Å². The van der Waals surface area contributed by atoms with Gasteiger partial charge < -0.3 is 11.5 Å². The topological polar surface area (TPSA) is 181 Å². The minimum atomic E-state index is -4.67. The van der Waals surface area contributed by atoms with E-state index in [2.05, 4.69) is 5.10 Å². The molecule has 10 nitrogen and oxygen atoms in total. The highest BCUT2D eigenvalue weighted by Gasteiger charge is 2.17. The smallest absolute Gasteiger partial charge is 0.350 e. The Kier molecular flexibility index (Phi) is 6.69. The van der Waals surface area contributed by atoms with Crippen LogP contribution in [-0.2, 0) is 16.8 Å². The van der Waals surface area contributed by atoms with Crippen LogP contribution >= 0.6 is 11.6 Å². The number of rotatable bonds is 3. The van der Waals surface area contributed by atoms with Crippen molar-refractivity contribution in [2.45, 2.75) is 6.42 Å². The Morgan fingerprint density at radius 1 is 1.25 bits per heavy atom. The van der Waals surface area contributed by atoms with Crippen molar-refractivity contribution in [2.75, 3.05) is 6.54 Å². The Balaban J connectivity index is 0.000000505. The second-order valence-corrected chi connectivity index (χ2v) is 5.77. The molecule has 12 heteroatoms. The molecule has 24 heavy (non-hydrogen) atoms. The maximum atomic E-state index is 12.0. The first-order valence-corrected chi connectivity index (χ1v) is 8.11. The molecule has 7 N–H and O–H groups in total. The number of nitrogens with one attached hydrogen (secondary N) is 1. The fourth-order valence-corrected chi connectivity index (χ4v) is 1.98. The lowest BCUT2D eigenvalue weighted by atomic mass is 10.1. The number of halogens is 1. The van der Waals surface area contributed by atoms with Crippen LogP contribution in [0, 0.1) is 0 Å². The van der Waals surface area contributed by atoms with Crippen molar-refractivity contribution in [1.82, 2.24) is 9.78 Å². The first-order valence-electron chi connectivity index (χ1n) is 6.34. The lowest BCUT2D eigenvalue weighted by Gasteiger charge is -2.01. The van der Waals surface area contributed by atoms with Crippen LogP contribution in [0.25, 0.3) is 11.3 Å². The Bertz CT molecular complexity index is 864. The molecule has 0 atom stereocenters. The van der Waals surface area contributed by atoms with Crippen molar-refractivity contribution in [3.8, 4) is 11.3 Å². The van der Waals surface area contributed by atoms with Crippen LogP contribution in [0.4, 0.5) is 4.79 Å². The van der Waals surface area contributed by atoms with Gasteiger partial charge >= 0.3 is 16.4 Å². The molecule has 1 aromatic carbocycles. The molecule has 1 heterocycles. The molecular formula is C12H15ClN4O6S. The lowest BCUT2D eigenvalue weighted by Crippen LogP contribution is -2.31. The molecule has 0 saturated carbocycles. The average molecular weight is 379 g/mol. The third-order valence-electron chi connectivity index (χ3n) is 2.73. The summed E-state index contributed by atoms with van der Waals surface area (Å²) in [6.45, 7) is 0.298. The summed E-state index contributed by atoms with van der Waals surface area (Å²) in [5.74, 6) is 0. The molecule has 2 rings (SSSR count). The third-order valence-corrected chi connectivity index (χ3v) is 2.99.